The van der Waals surface area contributed by atoms with Crippen LogP contribution in [0.3, 0.4) is 0 Å². The number of rotatable bonds is 6. The Labute approximate surface area is 85.8 Å². The van der Waals surface area contributed by atoms with Gasteiger partial charge in [-0.05, 0) is 14.1 Å². The van der Waals surface area contributed by atoms with E-state index in [1.165, 1.54) is 7.11 Å². The molecule has 14 heavy (non-hydrogen) atoms. The minimum absolute atomic E-state index is 0.0585. The molecule has 0 saturated carbocycles. The molecule has 0 aliphatic rings. The van der Waals surface area contributed by atoms with Crippen LogP contribution in [0.4, 0.5) is 0 Å². The highest BCUT2D eigenvalue weighted by Gasteiger charge is 2.19. The van der Waals surface area contributed by atoms with Gasteiger partial charge in [-0.3, -0.25) is 4.79 Å². The average Bonchev–Trinajstić information content (AvgIpc) is 2.15. The topological polar surface area (TPSA) is 58.8 Å². The van der Waals surface area contributed by atoms with E-state index in [0.29, 0.717) is 6.54 Å². The number of hydrogen-bond donors (Lipinski definition) is 1. The monoisotopic (exact) mass is 203 g/mol. The smallest absolute Gasteiger partial charge is 0.252 e. The third-order valence-electron chi connectivity index (χ3n) is 2.03. The second-order valence-electron chi connectivity index (χ2n) is 3.52. The number of amides is 1. The van der Waals surface area contributed by atoms with Crippen LogP contribution in [0.1, 0.15) is 0 Å². The van der Waals surface area contributed by atoms with Gasteiger partial charge in [0, 0.05) is 33.8 Å². The highest BCUT2D eigenvalue weighted by atomic mass is 16.5. The zero-order valence-electron chi connectivity index (χ0n) is 9.49. The Hall–Kier alpha value is -0.650. The number of ether oxygens (including phenoxy) is 1. The number of hydrogen-bond acceptors (Lipinski definition) is 4. The molecule has 1 amide bonds. The summed E-state index contributed by atoms with van der Waals surface area (Å²) in [6.45, 7) is 1.75. The highest BCUT2D eigenvalue weighted by Crippen LogP contribution is 1.95. The van der Waals surface area contributed by atoms with Gasteiger partial charge in [0.2, 0.25) is 0 Å². The van der Waals surface area contributed by atoms with Gasteiger partial charge < -0.3 is 20.3 Å². The van der Waals surface area contributed by atoms with Crippen molar-refractivity contribution in [3.8, 4) is 0 Å². The predicted octanol–water partition coefficient (Wildman–Crippen LogP) is -1.02. The second kappa shape index (κ2) is 6.75. The normalized spacial score (nSPS) is 13.0. The van der Waals surface area contributed by atoms with Gasteiger partial charge in [-0.2, -0.15) is 0 Å². The van der Waals surface area contributed by atoms with Gasteiger partial charge in [0.05, 0.1) is 0 Å². The van der Waals surface area contributed by atoms with Crippen molar-refractivity contribution in [1.29, 1.82) is 0 Å². The van der Waals surface area contributed by atoms with E-state index in [1.54, 1.807) is 11.9 Å². The number of nitrogens with zero attached hydrogens (tertiary/aromatic N) is 2. The molecule has 84 valence electrons. The molecule has 0 heterocycles. The summed E-state index contributed by atoms with van der Waals surface area (Å²) in [6, 6.07) is 0. The molecule has 0 aliphatic carbocycles. The maximum atomic E-state index is 11.6. The van der Waals surface area contributed by atoms with Crippen molar-refractivity contribution in [1.82, 2.24) is 9.80 Å². The fourth-order valence-corrected chi connectivity index (χ4v) is 1.00. The molecule has 1 atom stereocenters. The van der Waals surface area contributed by atoms with Crippen LogP contribution in [0, 0.1) is 0 Å². The average molecular weight is 203 g/mol. The quantitative estimate of drug-likeness (QED) is 0.600. The molecule has 1 unspecified atom stereocenters. The summed E-state index contributed by atoms with van der Waals surface area (Å²) in [5.41, 5.74) is 5.40. The zero-order chi connectivity index (χ0) is 11.1. The Morgan fingerprint density at radius 3 is 2.29 bits per heavy atom. The first kappa shape index (κ1) is 13.4. The molecule has 0 fully saturated rings. The molecule has 0 spiro atoms. The van der Waals surface area contributed by atoms with Gasteiger partial charge in [0.25, 0.3) is 5.91 Å². The Morgan fingerprint density at radius 2 is 1.93 bits per heavy atom. The number of nitrogens with two attached hydrogens (primary N) is 1. The number of likely N-dealkylation sites (N-methyl/N-ethyl adjacent to an activating group) is 2. The Bertz CT molecular complexity index is 169. The summed E-state index contributed by atoms with van der Waals surface area (Å²) in [7, 11) is 7.19. The van der Waals surface area contributed by atoms with E-state index in [2.05, 4.69) is 0 Å². The van der Waals surface area contributed by atoms with Crippen LogP contribution in [0.15, 0.2) is 0 Å². The Kier molecular flexibility index (Phi) is 6.44. The van der Waals surface area contributed by atoms with Crippen molar-refractivity contribution in [3.63, 3.8) is 0 Å². The molecule has 2 N–H and O–H groups in total. The van der Waals surface area contributed by atoms with Crippen molar-refractivity contribution < 1.29 is 9.53 Å². The summed E-state index contributed by atoms with van der Waals surface area (Å²) in [4.78, 5) is 15.3. The summed E-state index contributed by atoms with van der Waals surface area (Å²) >= 11 is 0. The zero-order valence-corrected chi connectivity index (χ0v) is 9.49. The Balaban J connectivity index is 3.97. The van der Waals surface area contributed by atoms with Crippen LogP contribution in [0.5, 0.6) is 0 Å². The van der Waals surface area contributed by atoms with E-state index >= 15 is 0 Å². The standard InChI is InChI=1S/C9H21N3O2/c1-11(2)5-6-12(3)9(13)8(7-10)14-4/h8H,5-7,10H2,1-4H3. The van der Waals surface area contributed by atoms with Crippen molar-refractivity contribution >= 4 is 5.91 Å². The fraction of sp³-hybridized carbons (Fsp3) is 0.889. The number of carbonyl (C=O) groups excluding carboxylic acids is 1. The van der Waals surface area contributed by atoms with E-state index < -0.39 is 6.10 Å². The van der Waals surface area contributed by atoms with E-state index in [4.69, 9.17) is 10.5 Å². The summed E-state index contributed by atoms with van der Waals surface area (Å²) in [5.74, 6) is -0.0585. The van der Waals surface area contributed by atoms with E-state index in [1.807, 2.05) is 19.0 Å². The lowest BCUT2D eigenvalue weighted by atomic mass is 10.3. The molecule has 5 heteroatoms. The SMILES string of the molecule is COC(CN)C(=O)N(C)CCN(C)C. The summed E-state index contributed by atoms with van der Waals surface area (Å²) in [5, 5.41) is 0. The molecule has 0 aromatic carbocycles. The first-order valence-electron chi connectivity index (χ1n) is 4.65. The van der Waals surface area contributed by atoms with Gasteiger partial charge >= 0.3 is 0 Å². The number of methoxy groups -OCH3 is 1. The maximum Gasteiger partial charge on any atom is 0.252 e. The van der Waals surface area contributed by atoms with Gasteiger partial charge in [-0.25, -0.2) is 0 Å². The molecule has 0 aromatic heterocycles. The van der Waals surface area contributed by atoms with Crippen LogP contribution < -0.4 is 5.73 Å². The van der Waals surface area contributed by atoms with Gasteiger partial charge in [-0.15, -0.1) is 0 Å². The molecule has 0 rings (SSSR count). The van der Waals surface area contributed by atoms with Crippen molar-refractivity contribution in [3.05, 3.63) is 0 Å². The maximum absolute atomic E-state index is 11.6. The van der Waals surface area contributed by atoms with Crippen molar-refractivity contribution in [2.45, 2.75) is 6.10 Å². The molecule has 0 saturated heterocycles. The largest absolute Gasteiger partial charge is 0.370 e. The fourth-order valence-electron chi connectivity index (χ4n) is 1.00. The molecule has 5 nitrogen and oxygen atoms in total. The minimum Gasteiger partial charge on any atom is -0.370 e. The van der Waals surface area contributed by atoms with Gasteiger partial charge in [0.1, 0.15) is 6.10 Å². The highest BCUT2D eigenvalue weighted by molar-refractivity contribution is 5.80. The lowest BCUT2D eigenvalue weighted by molar-refractivity contribution is -0.140. The van der Waals surface area contributed by atoms with Gasteiger partial charge in [0.15, 0.2) is 0 Å². The Morgan fingerprint density at radius 1 is 1.36 bits per heavy atom. The van der Waals surface area contributed by atoms with E-state index in [-0.39, 0.29) is 12.5 Å². The second-order valence-corrected chi connectivity index (χ2v) is 3.52. The molecule has 0 bridgehead atoms. The molecular weight excluding hydrogens is 182 g/mol. The van der Waals surface area contributed by atoms with Crippen LogP contribution in [0.25, 0.3) is 0 Å². The first-order chi connectivity index (χ1) is 6.52. The first-order valence-corrected chi connectivity index (χ1v) is 4.65. The number of carbonyl (C=O) groups is 1. The van der Waals surface area contributed by atoms with Crippen molar-refractivity contribution in [2.75, 3.05) is 47.9 Å². The van der Waals surface area contributed by atoms with E-state index in [0.717, 1.165) is 6.54 Å². The van der Waals surface area contributed by atoms with E-state index in [9.17, 15) is 4.79 Å². The van der Waals surface area contributed by atoms with Crippen LogP contribution >= 0.6 is 0 Å². The summed E-state index contributed by atoms with van der Waals surface area (Å²) in [6.07, 6.45) is -0.512. The third-order valence-corrected chi connectivity index (χ3v) is 2.03. The third kappa shape index (κ3) is 4.55. The molecule has 0 aromatic rings. The lowest BCUT2D eigenvalue weighted by Crippen LogP contribution is -2.43. The predicted molar refractivity (Wildman–Crippen MR) is 56.0 cm³/mol. The van der Waals surface area contributed by atoms with Crippen molar-refractivity contribution in [2.24, 2.45) is 5.73 Å². The van der Waals surface area contributed by atoms with Gasteiger partial charge in [-0.1, -0.05) is 0 Å². The van der Waals surface area contributed by atoms with Crippen LogP contribution in [-0.4, -0.2) is 69.7 Å². The molecule has 0 radical (unpaired) electrons. The van der Waals surface area contributed by atoms with Crippen LogP contribution in [0.2, 0.25) is 0 Å². The summed E-state index contributed by atoms with van der Waals surface area (Å²) < 4.78 is 4.96. The molecular formula is C9H21N3O2. The lowest BCUT2D eigenvalue weighted by Gasteiger charge is -2.23. The minimum atomic E-state index is -0.512. The van der Waals surface area contributed by atoms with Crippen LogP contribution in [-0.2, 0) is 9.53 Å². The molecule has 0 aliphatic heterocycles.